The van der Waals surface area contributed by atoms with Crippen LogP contribution in [0.25, 0.3) is 0 Å². The zero-order valence-corrected chi connectivity index (χ0v) is 8.56. The predicted octanol–water partition coefficient (Wildman–Crippen LogP) is 1.12. The normalized spacial score (nSPS) is 9.69. The van der Waals surface area contributed by atoms with Gasteiger partial charge in [-0.15, -0.1) is 0 Å². The fraction of sp³-hybridized carbons (Fsp3) is 0.889. The van der Waals surface area contributed by atoms with E-state index in [-0.39, 0.29) is 6.03 Å². The average molecular weight is 188 g/mol. The zero-order chi connectivity index (χ0) is 9.94. The van der Waals surface area contributed by atoms with Gasteiger partial charge in [-0.25, -0.2) is 4.79 Å². The lowest BCUT2D eigenvalue weighted by Gasteiger charge is -2.05. The average Bonchev–Trinajstić information content (AvgIpc) is 2.11. The Morgan fingerprint density at radius 3 is 2.62 bits per heavy atom. The summed E-state index contributed by atoms with van der Waals surface area (Å²) in [5, 5.41) is 5.39. The molecule has 0 atom stereocenters. The molecule has 0 bridgehead atoms. The van der Waals surface area contributed by atoms with E-state index in [1.165, 1.54) is 0 Å². The van der Waals surface area contributed by atoms with Crippen LogP contribution in [0.1, 0.15) is 26.7 Å². The summed E-state index contributed by atoms with van der Waals surface area (Å²) in [6.07, 6.45) is 1.92. The van der Waals surface area contributed by atoms with Gasteiger partial charge in [0.05, 0.1) is 0 Å². The van der Waals surface area contributed by atoms with Gasteiger partial charge in [-0.3, -0.25) is 0 Å². The van der Waals surface area contributed by atoms with Crippen LogP contribution < -0.4 is 10.6 Å². The molecule has 2 amide bonds. The number of ether oxygens (including phenoxy) is 1. The smallest absolute Gasteiger partial charge is 0.314 e. The van der Waals surface area contributed by atoms with Gasteiger partial charge in [0, 0.05) is 26.3 Å². The molecule has 13 heavy (non-hydrogen) atoms. The van der Waals surface area contributed by atoms with Gasteiger partial charge in [0.2, 0.25) is 0 Å². The minimum absolute atomic E-state index is 0.0991. The number of hydrogen-bond acceptors (Lipinski definition) is 2. The first kappa shape index (κ1) is 12.2. The summed E-state index contributed by atoms with van der Waals surface area (Å²) < 4.78 is 5.25. The Balaban J connectivity index is 3.02. The Hall–Kier alpha value is -0.770. The molecular weight excluding hydrogens is 168 g/mol. The summed E-state index contributed by atoms with van der Waals surface area (Å²) in [4.78, 5) is 10.9. The second-order valence-electron chi connectivity index (χ2n) is 2.75. The number of nitrogens with one attached hydrogen (secondary N) is 2. The standard InChI is InChI=1S/C9H20N2O2/c1-3-7-13-8-5-6-11-9(12)10-4-2/h3-8H2,1-2H3,(H2,10,11,12). The van der Waals surface area contributed by atoms with Gasteiger partial charge in [0.15, 0.2) is 0 Å². The molecule has 0 aromatic carbocycles. The van der Waals surface area contributed by atoms with Crippen molar-refractivity contribution in [3.63, 3.8) is 0 Å². The van der Waals surface area contributed by atoms with Gasteiger partial charge in [0.25, 0.3) is 0 Å². The van der Waals surface area contributed by atoms with E-state index < -0.39 is 0 Å². The van der Waals surface area contributed by atoms with Crippen molar-refractivity contribution in [3.05, 3.63) is 0 Å². The number of amides is 2. The highest BCUT2D eigenvalue weighted by Gasteiger charge is 1.95. The largest absolute Gasteiger partial charge is 0.381 e. The summed E-state index contributed by atoms with van der Waals surface area (Å²) >= 11 is 0. The van der Waals surface area contributed by atoms with Crippen LogP contribution in [0, 0.1) is 0 Å². The third-order valence-corrected chi connectivity index (χ3v) is 1.44. The molecule has 0 aliphatic rings. The minimum Gasteiger partial charge on any atom is -0.381 e. The molecule has 0 radical (unpaired) electrons. The van der Waals surface area contributed by atoms with Gasteiger partial charge in [-0.2, -0.15) is 0 Å². The maximum Gasteiger partial charge on any atom is 0.314 e. The zero-order valence-electron chi connectivity index (χ0n) is 8.56. The lowest BCUT2D eigenvalue weighted by Crippen LogP contribution is -2.36. The van der Waals surface area contributed by atoms with Gasteiger partial charge >= 0.3 is 6.03 Å². The molecule has 0 rings (SSSR count). The molecule has 0 aromatic rings. The van der Waals surface area contributed by atoms with Crippen molar-refractivity contribution in [1.29, 1.82) is 0 Å². The fourth-order valence-electron chi connectivity index (χ4n) is 0.846. The number of rotatable bonds is 7. The molecule has 2 N–H and O–H groups in total. The molecule has 0 aliphatic heterocycles. The Morgan fingerprint density at radius 2 is 2.00 bits per heavy atom. The van der Waals surface area contributed by atoms with Crippen molar-refractivity contribution < 1.29 is 9.53 Å². The number of carbonyl (C=O) groups is 1. The Bertz CT molecular complexity index is 129. The molecule has 0 fully saturated rings. The van der Waals surface area contributed by atoms with Crippen LogP contribution in [-0.2, 0) is 4.74 Å². The first-order valence-electron chi connectivity index (χ1n) is 4.90. The van der Waals surface area contributed by atoms with Crippen LogP contribution in [0.4, 0.5) is 4.79 Å². The van der Waals surface area contributed by atoms with Crippen molar-refractivity contribution in [2.75, 3.05) is 26.3 Å². The number of urea groups is 1. The highest BCUT2D eigenvalue weighted by atomic mass is 16.5. The van der Waals surface area contributed by atoms with Crippen molar-refractivity contribution in [2.24, 2.45) is 0 Å². The predicted molar refractivity (Wildman–Crippen MR) is 52.8 cm³/mol. The third-order valence-electron chi connectivity index (χ3n) is 1.44. The minimum atomic E-state index is -0.0991. The summed E-state index contributed by atoms with van der Waals surface area (Å²) in [7, 11) is 0. The molecule has 4 heteroatoms. The Labute approximate surface area is 80.0 Å². The Kier molecular flexibility index (Phi) is 8.77. The maximum atomic E-state index is 10.9. The fourth-order valence-corrected chi connectivity index (χ4v) is 0.846. The van der Waals surface area contributed by atoms with E-state index in [1.807, 2.05) is 6.92 Å². The first-order valence-corrected chi connectivity index (χ1v) is 4.90. The van der Waals surface area contributed by atoms with E-state index >= 15 is 0 Å². The third kappa shape index (κ3) is 9.14. The molecule has 0 unspecified atom stereocenters. The maximum absolute atomic E-state index is 10.9. The number of hydrogen-bond donors (Lipinski definition) is 2. The van der Waals surface area contributed by atoms with Crippen molar-refractivity contribution in [1.82, 2.24) is 10.6 Å². The lowest BCUT2D eigenvalue weighted by molar-refractivity contribution is 0.132. The van der Waals surface area contributed by atoms with Gasteiger partial charge in [-0.05, 0) is 19.8 Å². The van der Waals surface area contributed by atoms with E-state index in [4.69, 9.17) is 4.74 Å². The van der Waals surface area contributed by atoms with E-state index in [2.05, 4.69) is 17.6 Å². The number of carbonyl (C=O) groups excluding carboxylic acids is 1. The Morgan fingerprint density at radius 1 is 1.23 bits per heavy atom. The van der Waals surface area contributed by atoms with Crippen molar-refractivity contribution in [2.45, 2.75) is 26.7 Å². The topological polar surface area (TPSA) is 50.4 Å². The highest BCUT2D eigenvalue weighted by molar-refractivity contribution is 5.73. The molecule has 0 aromatic heterocycles. The van der Waals surface area contributed by atoms with E-state index in [0.29, 0.717) is 13.1 Å². The summed E-state index contributed by atoms with van der Waals surface area (Å²) in [5.41, 5.74) is 0. The lowest BCUT2D eigenvalue weighted by atomic mass is 10.4. The SMILES string of the molecule is CCCOCCCNC(=O)NCC. The summed E-state index contributed by atoms with van der Waals surface area (Å²) in [5.74, 6) is 0. The molecular formula is C9H20N2O2. The molecule has 4 nitrogen and oxygen atoms in total. The summed E-state index contributed by atoms with van der Waals surface area (Å²) in [6, 6.07) is -0.0991. The van der Waals surface area contributed by atoms with Crippen LogP contribution in [0.3, 0.4) is 0 Å². The van der Waals surface area contributed by atoms with Crippen LogP contribution >= 0.6 is 0 Å². The van der Waals surface area contributed by atoms with Crippen LogP contribution in [0.5, 0.6) is 0 Å². The van der Waals surface area contributed by atoms with Gasteiger partial charge in [0.1, 0.15) is 0 Å². The van der Waals surface area contributed by atoms with E-state index in [0.717, 1.165) is 26.1 Å². The molecule has 0 saturated carbocycles. The van der Waals surface area contributed by atoms with E-state index in [9.17, 15) is 4.79 Å². The summed E-state index contributed by atoms with van der Waals surface area (Å²) in [6.45, 7) is 6.84. The monoisotopic (exact) mass is 188 g/mol. The van der Waals surface area contributed by atoms with Crippen molar-refractivity contribution in [3.8, 4) is 0 Å². The quantitative estimate of drug-likeness (QED) is 0.588. The molecule has 78 valence electrons. The molecule has 0 saturated heterocycles. The highest BCUT2D eigenvalue weighted by Crippen LogP contribution is 1.83. The second kappa shape index (κ2) is 9.32. The second-order valence-corrected chi connectivity index (χ2v) is 2.75. The van der Waals surface area contributed by atoms with Crippen LogP contribution in [0.15, 0.2) is 0 Å². The molecule has 0 aliphatic carbocycles. The van der Waals surface area contributed by atoms with Crippen LogP contribution in [0.2, 0.25) is 0 Å². The first-order chi connectivity index (χ1) is 6.31. The van der Waals surface area contributed by atoms with Crippen LogP contribution in [-0.4, -0.2) is 32.3 Å². The van der Waals surface area contributed by atoms with Gasteiger partial charge in [-0.1, -0.05) is 6.92 Å². The van der Waals surface area contributed by atoms with E-state index in [1.54, 1.807) is 0 Å². The molecule has 0 spiro atoms. The molecule has 0 heterocycles. The van der Waals surface area contributed by atoms with Gasteiger partial charge < -0.3 is 15.4 Å². The van der Waals surface area contributed by atoms with Crippen molar-refractivity contribution >= 4 is 6.03 Å².